The average Bonchev–Trinajstić information content (AvgIpc) is 2.92. The maximum absolute atomic E-state index is 12.2. The molecule has 5 nitrogen and oxygen atoms in total. The first kappa shape index (κ1) is 11.6. The highest BCUT2D eigenvalue weighted by Crippen LogP contribution is 2.31. The van der Waals surface area contributed by atoms with Gasteiger partial charge in [-0.05, 0) is 25.3 Å². The third-order valence-corrected chi connectivity index (χ3v) is 4.63. The van der Waals surface area contributed by atoms with E-state index in [4.69, 9.17) is 0 Å². The summed E-state index contributed by atoms with van der Waals surface area (Å²) in [6, 6.07) is 1.72. The van der Waals surface area contributed by atoms with Crippen LogP contribution in [-0.2, 0) is 10.0 Å². The second-order valence-electron chi connectivity index (χ2n) is 4.12. The number of aromatic nitrogens is 2. The molecule has 1 aliphatic rings. The lowest BCUT2D eigenvalue weighted by Crippen LogP contribution is -2.34. The van der Waals surface area contributed by atoms with Crippen LogP contribution in [0.2, 0.25) is 0 Å². The van der Waals surface area contributed by atoms with Gasteiger partial charge in [-0.1, -0.05) is 13.3 Å². The predicted octanol–water partition coefficient (Wildman–Crippen LogP) is 1.36. The molecule has 0 saturated heterocycles. The maximum Gasteiger partial charge on any atom is 0.260 e. The number of nitrogens with one attached hydrogen (secondary N) is 1. The van der Waals surface area contributed by atoms with Crippen molar-refractivity contribution in [2.45, 2.75) is 43.7 Å². The molecule has 1 aromatic rings. The van der Waals surface area contributed by atoms with Gasteiger partial charge >= 0.3 is 0 Å². The zero-order valence-electron chi connectivity index (χ0n) is 9.39. The third kappa shape index (κ3) is 2.27. The topological polar surface area (TPSA) is 66.1 Å². The van der Waals surface area contributed by atoms with E-state index in [0.29, 0.717) is 6.54 Å². The van der Waals surface area contributed by atoms with Gasteiger partial charge in [0.2, 0.25) is 0 Å². The second-order valence-corrected chi connectivity index (χ2v) is 5.98. The smallest absolute Gasteiger partial charge is 0.260 e. The van der Waals surface area contributed by atoms with Crippen LogP contribution in [-0.4, -0.2) is 35.5 Å². The molecule has 0 aliphatic heterocycles. The fourth-order valence-corrected chi connectivity index (χ4v) is 3.31. The Morgan fingerprint density at radius 1 is 1.56 bits per heavy atom. The van der Waals surface area contributed by atoms with E-state index in [1.54, 1.807) is 4.31 Å². The Morgan fingerprint density at radius 2 is 2.31 bits per heavy atom. The summed E-state index contributed by atoms with van der Waals surface area (Å²) < 4.78 is 26.1. The molecule has 0 amide bonds. The second kappa shape index (κ2) is 4.55. The Kier molecular flexibility index (Phi) is 3.30. The lowest BCUT2D eigenvalue weighted by atomic mass is 10.3. The summed E-state index contributed by atoms with van der Waals surface area (Å²) >= 11 is 0. The van der Waals surface area contributed by atoms with Gasteiger partial charge in [-0.3, -0.25) is 5.10 Å². The molecule has 16 heavy (non-hydrogen) atoms. The molecule has 0 bridgehead atoms. The number of aromatic amines is 1. The quantitative estimate of drug-likeness (QED) is 0.820. The Labute approximate surface area is 95.9 Å². The molecular weight excluding hydrogens is 226 g/mol. The molecule has 2 rings (SSSR count). The van der Waals surface area contributed by atoms with Crippen LogP contribution in [0.4, 0.5) is 0 Å². The van der Waals surface area contributed by atoms with Crippen LogP contribution in [0, 0.1) is 0 Å². The highest BCUT2D eigenvalue weighted by atomic mass is 32.2. The summed E-state index contributed by atoms with van der Waals surface area (Å²) in [5.41, 5.74) is 0. The van der Waals surface area contributed by atoms with Crippen LogP contribution in [0.15, 0.2) is 17.3 Å². The minimum Gasteiger partial charge on any atom is -0.266 e. The number of rotatable bonds is 6. The van der Waals surface area contributed by atoms with Crippen LogP contribution >= 0.6 is 0 Å². The fraction of sp³-hybridized carbons (Fsp3) is 0.700. The van der Waals surface area contributed by atoms with Crippen molar-refractivity contribution in [2.75, 3.05) is 6.54 Å². The van der Waals surface area contributed by atoms with Crippen molar-refractivity contribution in [2.24, 2.45) is 0 Å². The first-order valence-corrected chi connectivity index (χ1v) is 7.11. The molecule has 0 radical (unpaired) electrons. The van der Waals surface area contributed by atoms with Crippen molar-refractivity contribution < 1.29 is 8.42 Å². The van der Waals surface area contributed by atoms with E-state index in [9.17, 15) is 8.42 Å². The summed E-state index contributed by atoms with van der Waals surface area (Å²) in [6.07, 6.45) is 5.34. The normalized spacial score (nSPS) is 16.9. The van der Waals surface area contributed by atoms with E-state index >= 15 is 0 Å². The number of nitrogens with zero attached hydrogens (tertiary/aromatic N) is 2. The molecule has 0 aromatic carbocycles. The van der Waals surface area contributed by atoms with Crippen molar-refractivity contribution in [3.8, 4) is 0 Å². The molecule has 1 saturated carbocycles. The van der Waals surface area contributed by atoms with Crippen molar-refractivity contribution >= 4 is 10.0 Å². The van der Waals surface area contributed by atoms with Gasteiger partial charge in [0, 0.05) is 12.6 Å². The first-order valence-electron chi connectivity index (χ1n) is 5.67. The van der Waals surface area contributed by atoms with Crippen molar-refractivity contribution in [3.05, 3.63) is 12.3 Å². The van der Waals surface area contributed by atoms with E-state index < -0.39 is 10.0 Å². The lowest BCUT2D eigenvalue weighted by molar-refractivity contribution is 0.394. The minimum atomic E-state index is -3.35. The zero-order valence-corrected chi connectivity index (χ0v) is 10.2. The van der Waals surface area contributed by atoms with Gasteiger partial charge < -0.3 is 0 Å². The predicted molar refractivity (Wildman–Crippen MR) is 60.4 cm³/mol. The van der Waals surface area contributed by atoms with Crippen molar-refractivity contribution in [1.82, 2.24) is 14.5 Å². The van der Waals surface area contributed by atoms with E-state index in [1.165, 1.54) is 12.3 Å². The van der Waals surface area contributed by atoms with Crippen LogP contribution in [0.25, 0.3) is 0 Å². The highest BCUT2D eigenvalue weighted by Gasteiger charge is 2.38. The Balaban J connectivity index is 2.18. The van der Waals surface area contributed by atoms with Gasteiger partial charge in [0.15, 0.2) is 5.03 Å². The molecule has 1 fully saturated rings. The lowest BCUT2D eigenvalue weighted by Gasteiger charge is -2.20. The third-order valence-electron chi connectivity index (χ3n) is 2.75. The number of H-pyrrole nitrogens is 1. The van der Waals surface area contributed by atoms with E-state index in [1.807, 2.05) is 0 Å². The molecule has 1 heterocycles. The number of unbranched alkanes of at least 4 members (excludes halogenated alkanes) is 1. The summed E-state index contributed by atoms with van der Waals surface area (Å²) in [5, 5.41) is 6.44. The number of hydrogen-bond donors (Lipinski definition) is 1. The summed E-state index contributed by atoms with van der Waals surface area (Å²) in [5.74, 6) is 0. The van der Waals surface area contributed by atoms with Gasteiger partial charge in [-0.2, -0.15) is 9.40 Å². The van der Waals surface area contributed by atoms with Crippen molar-refractivity contribution in [3.63, 3.8) is 0 Å². The summed E-state index contributed by atoms with van der Waals surface area (Å²) in [7, 11) is -3.35. The standard InChI is InChI=1S/C10H17N3O2S/c1-2-3-8-13(9-4-5-9)16(14,15)10-6-7-11-12-10/h6-7,9H,2-5,8H2,1H3,(H,11,12). The van der Waals surface area contributed by atoms with Gasteiger partial charge in [0.05, 0.1) is 6.20 Å². The van der Waals surface area contributed by atoms with Crippen molar-refractivity contribution in [1.29, 1.82) is 0 Å². The Morgan fingerprint density at radius 3 is 2.81 bits per heavy atom. The molecule has 0 spiro atoms. The molecule has 0 atom stereocenters. The first-order chi connectivity index (χ1) is 7.66. The Hall–Kier alpha value is -0.880. The average molecular weight is 243 g/mol. The van der Waals surface area contributed by atoms with Gasteiger partial charge in [0.1, 0.15) is 0 Å². The number of hydrogen-bond acceptors (Lipinski definition) is 3. The number of sulfonamides is 1. The van der Waals surface area contributed by atoms with Crippen LogP contribution in [0.3, 0.4) is 0 Å². The van der Waals surface area contributed by atoms with Crippen LogP contribution in [0.1, 0.15) is 32.6 Å². The molecule has 1 aliphatic carbocycles. The SMILES string of the molecule is CCCCN(C1CC1)S(=O)(=O)c1ccn[nH]1. The Bertz CT molecular complexity index is 423. The van der Waals surface area contributed by atoms with E-state index in [2.05, 4.69) is 17.1 Å². The molecule has 90 valence electrons. The molecule has 1 aromatic heterocycles. The largest absolute Gasteiger partial charge is 0.266 e. The van der Waals surface area contributed by atoms with Gasteiger partial charge in [-0.25, -0.2) is 8.42 Å². The molecule has 1 N–H and O–H groups in total. The van der Waals surface area contributed by atoms with E-state index in [-0.39, 0.29) is 11.1 Å². The van der Waals surface area contributed by atoms with Crippen LogP contribution in [0.5, 0.6) is 0 Å². The van der Waals surface area contributed by atoms with Gasteiger partial charge in [-0.15, -0.1) is 0 Å². The van der Waals surface area contributed by atoms with E-state index in [0.717, 1.165) is 25.7 Å². The summed E-state index contributed by atoms with van der Waals surface area (Å²) in [4.78, 5) is 0. The maximum atomic E-state index is 12.2. The zero-order chi connectivity index (χ0) is 11.6. The minimum absolute atomic E-state index is 0.204. The molecule has 6 heteroatoms. The fourth-order valence-electron chi connectivity index (χ4n) is 1.69. The molecular formula is C10H17N3O2S. The molecule has 0 unspecified atom stereocenters. The summed E-state index contributed by atoms with van der Waals surface area (Å²) in [6.45, 7) is 2.68. The van der Waals surface area contributed by atoms with Crippen LogP contribution < -0.4 is 0 Å². The van der Waals surface area contributed by atoms with Gasteiger partial charge in [0.25, 0.3) is 10.0 Å². The highest BCUT2D eigenvalue weighted by molar-refractivity contribution is 7.89. The monoisotopic (exact) mass is 243 g/mol.